The van der Waals surface area contributed by atoms with Crippen molar-refractivity contribution < 1.29 is 9.53 Å². The van der Waals surface area contributed by atoms with Crippen molar-refractivity contribution in [1.29, 1.82) is 0 Å². The van der Waals surface area contributed by atoms with Crippen molar-refractivity contribution in [2.45, 2.75) is 20.4 Å². The minimum atomic E-state index is -0.268. The first-order valence-electron chi connectivity index (χ1n) is 7.49. The minimum absolute atomic E-state index is 0.268. The van der Waals surface area contributed by atoms with Gasteiger partial charge in [0.15, 0.2) is 0 Å². The molecule has 0 radical (unpaired) electrons. The van der Waals surface area contributed by atoms with E-state index in [4.69, 9.17) is 4.74 Å². The number of hydrogen-bond donors (Lipinski definition) is 0. The summed E-state index contributed by atoms with van der Waals surface area (Å²) in [7, 11) is 0. The predicted octanol–water partition coefficient (Wildman–Crippen LogP) is 4.17. The van der Waals surface area contributed by atoms with Crippen molar-refractivity contribution in [3.63, 3.8) is 0 Å². The summed E-state index contributed by atoms with van der Waals surface area (Å²) < 4.78 is 7.21. The van der Waals surface area contributed by atoms with Crippen LogP contribution in [0.1, 0.15) is 28.4 Å². The third kappa shape index (κ3) is 2.89. The molecule has 0 bridgehead atoms. The Morgan fingerprint density at radius 3 is 2.59 bits per heavy atom. The second kappa shape index (κ2) is 6.06. The number of esters is 1. The van der Waals surface area contributed by atoms with Crippen LogP contribution in [0.25, 0.3) is 10.9 Å². The van der Waals surface area contributed by atoms with E-state index in [0.29, 0.717) is 12.2 Å². The van der Waals surface area contributed by atoms with E-state index in [1.165, 1.54) is 16.5 Å². The molecule has 0 saturated heterocycles. The van der Waals surface area contributed by atoms with Gasteiger partial charge in [-0.15, -0.1) is 0 Å². The van der Waals surface area contributed by atoms with E-state index in [9.17, 15) is 4.79 Å². The van der Waals surface area contributed by atoms with Crippen LogP contribution in [0.15, 0.2) is 54.7 Å². The van der Waals surface area contributed by atoms with Crippen molar-refractivity contribution >= 4 is 16.9 Å². The summed E-state index contributed by atoms with van der Waals surface area (Å²) in [6, 6.07) is 16.2. The fourth-order valence-corrected chi connectivity index (χ4v) is 2.61. The highest BCUT2D eigenvalue weighted by molar-refractivity contribution is 5.89. The second-order valence-electron chi connectivity index (χ2n) is 5.42. The number of aromatic nitrogens is 1. The number of hydrogen-bond acceptors (Lipinski definition) is 2. The molecule has 0 saturated carbocycles. The average Bonchev–Trinajstić information content (AvgIpc) is 2.90. The number of rotatable bonds is 4. The Morgan fingerprint density at radius 1 is 1.09 bits per heavy atom. The lowest BCUT2D eigenvalue weighted by Gasteiger charge is -2.07. The second-order valence-corrected chi connectivity index (χ2v) is 5.42. The maximum absolute atomic E-state index is 11.7. The van der Waals surface area contributed by atoms with Crippen molar-refractivity contribution in [1.82, 2.24) is 4.57 Å². The summed E-state index contributed by atoms with van der Waals surface area (Å²) in [5.74, 6) is -0.268. The summed E-state index contributed by atoms with van der Waals surface area (Å²) in [5.41, 5.74) is 4.24. The molecule has 0 N–H and O–H groups in total. The number of carbonyl (C=O) groups is 1. The van der Waals surface area contributed by atoms with E-state index < -0.39 is 0 Å². The van der Waals surface area contributed by atoms with E-state index in [2.05, 4.69) is 42.0 Å². The highest BCUT2D eigenvalue weighted by Crippen LogP contribution is 2.19. The summed E-state index contributed by atoms with van der Waals surface area (Å²) in [5, 5.41) is 1.25. The van der Waals surface area contributed by atoms with Gasteiger partial charge in [0.1, 0.15) is 0 Å². The van der Waals surface area contributed by atoms with Gasteiger partial charge in [0.25, 0.3) is 0 Å². The minimum Gasteiger partial charge on any atom is -0.462 e. The molecule has 0 aliphatic carbocycles. The van der Waals surface area contributed by atoms with E-state index in [0.717, 1.165) is 12.1 Å². The van der Waals surface area contributed by atoms with Crippen molar-refractivity contribution in [2.75, 3.05) is 6.61 Å². The number of fused-ring (bicyclic) bond motifs is 1. The lowest BCUT2D eigenvalue weighted by Crippen LogP contribution is -2.05. The van der Waals surface area contributed by atoms with E-state index >= 15 is 0 Å². The van der Waals surface area contributed by atoms with Crippen molar-refractivity contribution in [3.8, 4) is 0 Å². The molecule has 22 heavy (non-hydrogen) atoms. The van der Waals surface area contributed by atoms with Crippen LogP contribution in [0.4, 0.5) is 0 Å². The number of benzene rings is 2. The fraction of sp³-hybridized carbons (Fsp3) is 0.211. The molecule has 3 nitrogen and oxygen atoms in total. The molecule has 0 amide bonds. The molecule has 0 aliphatic rings. The molecule has 0 unspecified atom stereocenters. The Kier molecular flexibility index (Phi) is 3.96. The fourth-order valence-electron chi connectivity index (χ4n) is 2.61. The van der Waals surface area contributed by atoms with Crippen LogP contribution in [0.2, 0.25) is 0 Å². The van der Waals surface area contributed by atoms with Crippen LogP contribution in [-0.4, -0.2) is 17.1 Å². The zero-order chi connectivity index (χ0) is 15.5. The van der Waals surface area contributed by atoms with Gasteiger partial charge in [0.2, 0.25) is 0 Å². The first-order chi connectivity index (χ1) is 10.7. The van der Waals surface area contributed by atoms with Gasteiger partial charge >= 0.3 is 5.97 Å². The highest BCUT2D eigenvalue weighted by atomic mass is 16.5. The first kappa shape index (κ1) is 14.4. The largest absolute Gasteiger partial charge is 0.462 e. The molecule has 3 aromatic rings. The molecule has 0 fully saturated rings. The summed E-state index contributed by atoms with van der Waals surface area (Å²) in [6.45, 7) is 5.10. The van der Waals surface area contributed by atoms with Crippen LogP contribution in [0.5, 0.6) is 0 Å². The van der Waals surface area contributed by atoms with Gasteiger partial charge in [0.05, 0.1) is 12.2 Å². The van der Waals surface area contributed by atoms with Crippen LogP contribution < -0.4 is 0 Å². The van der Waals surface area contributed by atoms with Crippen LogP contribution in [0, 0.1) is 6.92 Å². The van der Waals surface area contributed by atoms with Gasteiger partial charge < -0.3 is 9.30 Å². The average molecular weight is 293 g/mol. The normalized spacial score (nSPS) is 10.8. The van der Waals surface area contributed by atoms with Gasteiger partial charge in [-0.1, -0.05) is 23.8 Å². The standard InChI is InChI=1S/C19H19NO2/c1-3-22-19(21)16-7-5-15(6-8-16)13-20-11-10-17-12-14(2)4-9-18(17)20/h4-12H,3,13H2,1-2H3. The van der Waals surface area contributed by atoms with Gasteiger partial charge in [-0.05, 0) is 55.1 Å². The third-order valence-electron chi connectivity index (χ3n) is 3.74. The number of aryl methyl sites for hydroxylation is 1. The molecular weight excluding hydrogens is 274 g/mol. The molecule has 1 heterocycles. The SMILES string of the molecule is CCOC(=O)c1ccc(Cn2ccc3cc(C)ccc32)cc1. The topological polar surface area (TPSA) is 31.2 Å². The molecule has 112 valence electrons. The van der Waals surface area contributed by atoms with E-state index in [-0.39, 0.29) is 5.97 Å². The molecule has 1 aromatic heterocycles. The summed E-state index contributed by atoms with van der Waals surface area (Å²) in [6.07, 6.45) is 2.10. The highest BCUT2D eigenvalue weighted by Gasteiger charge is 2.06. The molecule has 2 aromatic carbocycles. The lowest BCUT2D eigenvalue weighted by molar-refractivity contribution is 0.0526. The van der Waals surface area contributed by atoms with Crippen LogP contribution >= 0.6 is 0 Å². The van der Waals surface area contributed by atoms with Gasteiger partial charge in [-0.3, -0.25) is 0 Å². The molecule has 0 atom stereocenters. The van der Waals surface area contributed by atoms with Crippen molar-refractivity contribution in [2.24, 2.45) is 0 Å². The lowest BCUT2D eigenvalue weighted by atomic mass is 10.1. The van der Waals surface area contributed by atoms with Gasteiger partial charge in [0, 0.05) is 18.3 Å². The Bertz CT molecular complexity index is 800. The molecular formula is C19H19NO2. The van der Waals surface area contributed by atoms with Crippen LogP contribution in [-0.2, 0) is 11.3 Å². The monoisotopic (exact) mass is 293 g/mol. The Labute approximate surface area is 130 Å². The third-order valence-corrected chi connectivity index (χ3v) is 3.74. The van der Waals surface area contributed by atoms with Gasteiger partial charge in [-0.25, -0.2) is 4.79 Å². The van der Waals surface area contributed by atoms with E-state index in [1.54, 1.807) is 0 Å². The molecule has 3 heteroatoms. The Balaban J connectivity index is 1.81. The quantitative estimate of drug-likeness (QED) is 0.676. The number of carbonyl (C=O) groups excluding carboxylic acids is 1. The predicted molar refractivity (Wildman–Crippen MR) is 88.2 cm³/mol. The zero-order valence-electron chi connectivity index (χ0n) is 12.9. The zero-order valence-corrected chi connectivity index (χ0v) is 12.9. The summed E-state index contributed by atoms with van der Waals surface area (Å²) >= 11 is 0. The Morgan fingerprint density at radius 2 is 1.86 bits per heavy atom. The smallest absolute Gasteiger partial charge is 0.338 e. The first-order valence-corrected chi connectivity index (χ1v) is 7.49. The van der Waals surface area contributed by atoms with E-state index in [1.807, 2.05) is 31.2 Å². The molecule has 3 rings (SSSR count). The van der Waals surface area contributed by atoms with Crippen molar-refractivity contribution in [3.05, 3.63) is 71.4 Å². The number of ether oxygens (including phenoxy) is 1. The maximum Gasteiger partial charge on any atom is 0.338 e. The van der Waals surface area contributed by atoms with Crippen LogP contribution in [0.3, 0.4) is 0 Å². The molecule has 0 aliphatic heterocycles. The molecule has 0 spiro atoms. The summed E-state index contributed by atoms with van der Waals surface area (Å²) in [4.78, 5) is 11.7. The Hall–Kier alpha value is -2.55. The van der Waals surface area contributed by atoms with Gasteiger partial charge in [-0.2, -0.15) is 0 Å². The maximum atomic E-state index is 11.7. The number of nitrogens with zero attached hydrogens (tertiary/aromatic N) is 1.